The zero-order chi connectivity index (χ0) is 20.1. The minimum Gasteiger partial charge on any atom is -0.353 e. The first-order valence-electron chi connectivity index (χ1n) is 11.5. The predicted molar refractivity (Wildman–Crippen MR) is 115 cm³/mol. The standard InChI is InChI=1S/C24H35N3O2/c28-23(25-22-9-10-22)11-8-19-5-4-14-27(17-19)24(29)18-26-15-12-21(13-16-26)20-6-2-1-3-7-20/h1-3,6-7,19,21-22H,4-5,8-18H2,(H,25,28). The summed E-state index contributed by atoms with van der Waals surface area (Å²) in [5, 5.41) is 3.07. The van der Waals surface area contributed by atoms with Gasteiger partial charge in [-0.15, -0.1) is 0 Å². The number of rotatable bonds is 7. The van der Waals surface area contributed by atoms with Gasteiger partial charge in [0.1, 0.15) is 0 Å². The Balaban J connectivity index is 1.18. The number of nitrogens with one attached hydrogen (secondary N) is 1. The van der Waals surface area contributed by atoms with E-state index in [4.69, 9.17) is 0 Å². The number of piperidine rings is 2. The number of carbonyl (C=O) groups is 2. The molecular weight excluding hydrogens is 362 g/mol. The highest BCUT2D eigenvalue weighted by Crippen LogP contribution is 2.28. The van der Waals surface area contributed by atoms with Gasteiger partial charge >= 0.3 is 0 Å². The maximum atomic E-state index is 12.9. The molecule has 1 aromatic rings. The Labute approximate surface area is 174 Å². The summed E-state index contributed by atoms with van der Waals surface area (Å²) in [4.78, 5) is 29.2. The Morgan fingerprint density at radius 1 is 0.966 bits per heavy atom. The average Bonchev–Trinajstić information content (AvgIpc) is 3.57. The second-order valence-electron chi connectivity index (χ2n) is 9.19. The van der Waals surface area contributed by atoms with Crippen molar-refractivity contribution in [2.75, 3.05) is 32.7 Å². The summed E-state index contributed by atoms with van der Waals surface area (Å²) < 4.78 is 0. The first kappa shape index (κ1) is 20.4. The van der Waals surface area contributed by atoms with E-state index < -0.39 is 0 Å². The van der Waals surface area contributed by atoms with Crippen molar-refractivity contribution in [3.05, 3.63) is 35.9 Å². The van der Waals surface area contributed by atoms with Crippen molar-refractivity contribution >= 4 is 11.8 Å². The van der Waals surface area contributed by atoms with Crippen LogP contribution in [0.15, 0.2) is 30.3 Å². The fourth-order valence-corrected chi connectivity index (χ4v) is 4.83. The highest BCUT2D eigenvalue weighted by Gasteiger charge is 2.28. The van der Waals surface area contributed by atoms with Crippen LogP contribution in [-0.2, 0) is 9.59 Å². The Morgan fingerprint density at radius 2 is 1.72 bits per heavy atom. The molecule has 5 nitrogen and oxygen atoms in total. The van der Waals surface area contributed by atoms with Gasteiger partial charge in [-0.3, -0.25) is 14.5 Å². The van der Waals surface area contributed by atoms with E-state index >= 15 is 0 Å². The first-order valence-corrected chi connectivity index (χ1v) is 11.5. The van der Waals surface area contributed by atoms with E-state index in [-0.39, 0.29) is 11.8 Å². The molecule has 2 aliphatic heterocycles. The SMILES string of the molecule is O=C(CCC1CCCN(C(=O)CN2CCC(c3ccccc3)CC2)C1)NC1CC1. The number of hydrogen-bond acceptors (Lipinski definition) is 3. The minimum atomic E-state index is 0.192. The van der Waals surface area contributed by atoms with Crippen LogP contribution in [-0.4, -0.2) is 60.4 Å². The maximum Gasteiger partial charge on any atom is 0.236 e. The summed E-state index contributed by atoms with van der Waals surface area (Å²) in [7, 11) is 0. The van der Waals surface area contributed by atoms with Crippen LogP contribution in [0.1, 0.15) is 62.8 Å². The maximum absolute atomic E-state index is 12.9. The lowest BCUT2D eigenvalue weighted by atomic mass is 9.89. The zero-order valence-electron chi connectivity index (χ0n) is 17.5. The molecule has 1 unspecified atom stereocenters. The number of amides is 2. The fourth-order valence-electron chi connectivity index (χ4n) is 4.83. The lowest BCUT2D eigenvalue weighted by Gasteiger charge is -2.36. The van der Waals surface area contributed by atoms with E-state index in [0.717, 1.165) is 71.1 Å². The monoisotopic (exact) mass is 397 g/mol. The molecule has 1 atom stereocenters. The van der Waals surface area contributed by atoms with Gasteiger partial charge in [-0.1, -0.05) is 30.3 Å². The summed E-state index contributed by atoms with van der Waals surface area (Å²) in [6.07, 6.45) is 8.27. The third-order valence-electron chi connectivity index (χ3n) is 6.81. The topological polar surface area (TPSA) is 52.7 Å². The molecule has 0 aromatic heterocycles. The third-order valence-corrected chi connectivity index (χ3v) is 6.81. The molecule has 5 heteroatoms. The molecular formula is C24H35N3O2. The molecule has 1 aliphatic carbocycles. The van der Waals surface area contributed by atoms with Crippen LogP contribution in [0.4, 0.5) is 0 Å². The molecule has 2 saturated heterocycles. The smallest absolute Gasteiger partial charge is 0.236 e. The Morgan fingerprint density at radius 3 is 2.45 bits per heavy atom. The van der Waals surface area contributed by atoms with Gasteiger partial charge in [0.25, 0.3) is 0 Å². The normalized spacial score (nSPS) is 23.7. The number of benzene rings is 1. The van der Waals surface area contributed by atoms with Crippen molar-refractivity contribution in [3.8, 4) is 0 Å². The van der Waals surface area contributed by atoms with Crippen LogP contribution in [0.3, 0.4) is 0 Å². The summed E-state index contributed by atoms with van der Waals surface area (Å²) in [6, 6.07) is 11.2. The lowest BCUT2D eigenvalue weighted by molar-refractivity contribution is -0.134. The molecule has 0 bridgehead atoms. The predicted octanol–water partition coefficient (Wildman–Crippen LogP) is 3.16. The van der Waals surface area contributed by atoms with Crippen molar-refractivity contribution in [1.29, 1.82) is 0 Å². The fraction of sp³-hybridized carbons (Fsp3) is 0.667. The lowest BCUT2D eigenvalue weighted by Crippen LogP contribution is -2.46. The Hall–Kier alpha value is -1.88. The highest BCUT2D eigenvalue weighted by molar-refractivity contribution is 5.78. The molecule has 158 valence electrons. The molecule has 0 radical (unpaired) electrons. The van der Waals surface area contributed by atoms with Crippen LogP contribution in [0.5, 0.6) is 0 Å². The largest absolute Gasteiger partial charge is 0.353 e. The van der Waals surface area contributed by atoms with Crippen molar-refractivity contribution in [2.24, 2.45) is 5.92 Å². The molecule has 1 N–H and O–H groups in total. The summed E-state index contributed by atoms with van der Waals surface area (Å²) in [5.41, 5.74) is 1.43. The van der Waals surface area contributed by atoms with Crippen molar-refractivity contribution in [3.63, 3.8) is 0 Å². The average molecular weight is 398 g/mol. The number of carbonyl (C=O) groups excluding carboxylic acids is 2. The Bertz CT molecular complexity index is 681. The summed E-state index contributed by atoms with van der Waals surface area (Å²) in [6.45, 7) is 4.27. The van der Waals surface area contributed by atoms with E-state index in [1.807, 2.05) is 0 Å². The van der Waals surface area contributed by atoms with Crippen LogP contribution < -0.4 is 5.32 Å². The second kappa shape index (κ2) is 9.75. The minimum absolute atomic E-state index is 0.192. The van der Waals surface area contributed by atoms with Crippen LogP contribution in [0.2, 0.25) is 0 Å². The Kier molecular flexibility index (Phi) is 6.86. The molecule has 3 fully saturated rings. The van der Waals surface area contributed by atoms with Crippen LogP contribution in [0.25, 0.3) is 0 Å². The molecule has 29 heavy (non-hydrogen) atoms. The van der Waals surface area contributed by atoms with Gasteiger partial charge in [0.15, 0.2) is 0 Å². The van der Waals surface area contributed by atoms with E-state index in [0.29, 0.717) is 30.8 Å². The number of likely N-dealkylation sites (tertiary alicyclic amines) is 2. The molecule has 1 saturated carbocycles. The van der Waals surface area contributed by atoms with Crippen LogP contribution in [0, 0.1) is 5.92 Å². The van der Waals surface area contributed by atoms with Crippen molar-refractivity contribution in [2.45, 2.75) is 63.3 Å². The van der Waals surface area contributed by atoms with E-state index in [2.05, 4.69) is 45.4 Å². The molecule has 4 rings (SSSR count). The molecule has 2 heterocycles. The summed E-state index contributed by atoms with van der Waals surface area (Å²) in [5.74, 6) is 1.57. The van der Waals surface area contributed by atoms with Crippen molar-refractivity contribution in [1.82, 2.24) is 15.1 Å². The molecule has 2 amide bonds. The van der Waals surface area contributed by atoms with Gasteiger partial charge in [-0.25, -0.2) is 0 Å². The van der Waals surface area contributed by atoms with Gasteiger partial charge in [-0.05, 0) is 75.4 Å². The van der Waals surface area contributed by atoms with E-state index in [9.17, 15) is 9.59 Å². The van der Waals surface area contributed by atoms with E-state index in [1.165, 1.54) is 5.56 Å². The third kappa shape index (κ3) is 6.05. The van der Waals surface area contributed by atoms with Gasteiger partial charge in [-0.2, -0.15) is 0 Å². The van der Waals surface area contributed by atoms with Gasteiger partial charge in [0.05, 0.1) is 6.54 Å². The zero-order valence-corrected chi connectivity index (χ0v) is 17.5. The highest BCUT2D eigenvalue weighted by atomic mass is 16.2. The quantitative estimate of drug-likeness (QED) is 0.769. The molecule has 0 spiro atoms. The van der Waals surface area contributed by atoms with Gasteiger partial charge in [0.2, 0.25) is 11.8 Å². The van der Waals surface area contributed by atoms with Crippen LogP contribution >= 0.6 is 0 Å². The van der Waals surface area contributed by atoms with Crippen molar-refractivity contribution < 1.29 is 9.59 Å². The van der Waals surface area contributed by atoms with Gasteiger partial charge in [0, 0.05) is 25.6 Å². The number of nitrogens with zero attached hydrogens (tertiary/aromatic N) is 2. The summed E-state index contributed by atoms with van der Waals surface area (Å²) >= 11 is 0. The number of hydrogen-bond donors (Lipinski definition) is 1. The first-order chi connectivity index (χ1) is 14.2. The second-order valence-corrected chi connectivity index (χ2v) is 9.19. The van der Waals surface area contributed by atoms with Gasteiger partial charge < -0.3 is 10.2 Å². The van der Waals surface area contributed by atoms with E-state index in [1.54, 1.807) is 0 Å². The molecule has 3 aliphatic rings. The molecule has 1 aromatic carbocycles.